The van der Waals surface area contributed by atoms with Gasteiger partial charge in [-0.1, -0.05) is 17.2 Å². The average Bonchev–Trinajstić information content (AvgIpc) is 2.56. The van der Waals surface area contributed by atoms with Gasteiger partial charge in [-0.2, -0.15) is 0 Å². The molecule has 2 aromatic carbocycles. The van der Waals surface area contributed by atoms with Gasteiger partial charge >= 0.3 is 0 Å². The molecule has 0 fully saturated rings. The third kappa shape index (κ3) is 5.29. The number of anilines is 2. The maximum absolute atomic E-state index is 12.3. The molecule has 4 nitrogen and oxygen atoms in total. The molecule has 0 heterocycles. The number of carbonyl (C=O) groups excluding carboxylic acids is 1. The summed E-state index contributed by atoms with van der Waals surface area (Å²) in [6, 6.07) is 13.7. The molecule has 0 radical (unpaired) electrons. The monoisotopic (exact) mass is 355 g/mol. The Morgan fingerprint density at radius 3 is 2.08 bits per heavy atom. The Labute approximate surface area is 155 Å². The molecule has 132 valence electrons. The van der Waals surface area contributed by atoms with Crippen molar-refractivity contribution < 1.29 is 4.79 Å². The minimum absolute atomic E-state index is 0.205. The zero-order chi connectivity index (χ0) is 18.4. The first-order valence-electron chi connectivity index (χ1n) is 8.48. The van der Waals surface area contributed by atoms with Gasteiger partial charge in [0.2, 0.25) is 0 Å². The number of aryl methyl sites for hydroxylation is 2. The fourth-order valence-electron chi connectivity index (χ4n) is 2.79. The highest BCUT2D eigenvalue weighted by atomic mass is 32.1. The van der Waals surface area contributed by atoms with E-state index in [1.165, 1.54) is 5.69 Å². The highest BCUT2D eigenvalue weighted by Gasteiger charge is 2.09. The normalized spacial score (nSPS) is 10.2. The van der Waals surface area contributed by atoms with Crippen molar-refractivity contribution in [3.8, 4) is 0 Å². The van der Waals surface area contributed by atoms with Gasteiger partial charge in [-0.05, 0) is 76.3 Å². The zero-order valence-corrected chi connectivity index (χ0v) is 16.0. The second-order valence-electron chi connectivity index (χ2n) is 6.00. The third-order valence-corrected chi connectivity index (χ3v) is 4.17. The number of thiocarbonyl (C=S) groups is 1. The molecule has 5 heteroatoms. The molecule has 2 rings (SSSR count). The number of amides is 1. The maximum Gasteiger partial charge on any atom is 0.257 e. The van der Waals surface area contributed by atoms with Crippen molar-refractivity contribution in [2.24, 2.45) is 0 Å². The van der Waals surface area contributed by atoms with E-state index in [1.54, 1.807) is 0 Å². The summed E-state index contributed by atoms with van der Waals surface area (Å²) in [4.78, 5) is 14.6. The van der Waals surface area contributed by atoms with Crippen LogP contribution in [-0.4, -0.2) is 24.1 Å². The molecular weight excluding hydrogens is 330 g/mol. The first-order valence-corrected chi connectivity index (χ1v) is 8.89. The molecule has 0 spiro atoms. The quantitative estimate of drug-likeness (QED) is 0.786. The summed E-state index contributed by atoms with van der Waals surface area (Å²) in [5, 5.41) is 6.08. The van der Waals surface area contributed by atoms with Crippen molar-refractivity contribution >= 4 is 34.6 Å². The smallest absolute Gasteiger partial charge is 0.257 e. The Kier molecular flexibility index (Phi) is 6.53. The standard InChI is InChI=1S/C20H25N3OS/c1-5-23(6-2)18-9-7-17(8-10-18)21-20(25)22-19(24)16-12-14(3)11-15(4)13-16/h7-13H,5-6H2,1-4H3,(H2,21,22,24,25). The van der Waals surface area contributed by atoms with E-state index in [9.17, 15) is 4.79 Å². The van der Waals surface area contributed by atoms with Crippen LogP contribution in [0.2, 0.25) is 0 Å². The number of hydrogen-bond acceptors (Lipinski definition) is 3. The summed E-state index contributed by atoms with van der Waals surface area (Å²) in [6.45, 7) is 10.1. The predicted octanol–water partition coefficient (Wildman–Crippen LogP) is 4.28. The fourth-order valence-corrected chi connectivity index (χ4v) is 3.00. The van der Waals surface area contributed by atoms with Crippen LogP contribution in [-0.2, 0) is 0 Å². The van der Waals surface area contributed by atoms with Gasteiger partial charge in [0, 0.05) is 30.0 Å². The van der Waals surface area contributed by atoms with E-state index in [0.717, 1.165) is 29.9 Å². The number of carbonyl (C=O) groups is 1. The van der Waals surface area contributed by atoms with E-state index in [4.69, 9.17) is 12.2 Å². The molecule has 0 aliphatic carbocycles. The minimum Gasteiger partial charge on any atom is -0.372 e. The van der Waals surface area contributed by atoms with Crippen molar-refractivity contribution in [2.75, 3.05) is 23.3 Å². The van der Waals surface area contributed by atoms with Crippen molar-refractivity contribution in [3.63, 3.8) is 0 Å². The van der Waals surface area contributed by atoms with Gasteiger partial charge in [0.15, 0.2) is 5.11 Å². The van der Waals surface area contributed by atoms with Gasteiger partial charge < -0.3 is 10.2 Å². The van der Waals surface area contributed by atoms with Crippen LogP contribution in [0.4, 0.5) is 11.4 Å². The average molecular weight is 356 g/mol. The molecule has 25 heavy (non-hydrogen) atoms. The number of benzene rings is 2. The maximum atomic E-state index is 12.3. The largest absolute Gasteiger partial charge is 0.372 e. The van der Waals surface area contributed by atoms with Crippen LogP contribution < -0.4 is 15.5 Å². The van der Waals surface area contributed by atoms with Gasteiger partial charge in [0.05, 0.1) is 0 Å². The summed E-state index contributed by atoms with van der Waals surface area (Å²) < 4.78 is 0. The lowest BCUT2D eigenvalue weighted by molar-refractivity contribution is 0.0977. The van der Waals surface area contributed by atoms with Gasteiger partial charge in [-0.15, -0.1) is 0 Å². The Balaban J connectivity index is 1.98. The van der Waals surface area contributed by atoms with E-state index in [2.05, 4.69) is 29.4 Å². The Bertz CT molecular complexity index is 732. The molecule has 0 bridgehead atoms. The van der Waals surface area contributed by atoms with E-state index >= 15 is 0 Å². The van der Waals surface area contributed by atoms with Crippen LogP contribution in [0.3, 0.4) is 0 Å². The molecule has 0 atom stereocenters. The summed E-state index contributed by atoms with van der Waals surface area (Å²) in [5.41, 5.74) is 4.73. The molecule has 0 unspecified atom stereocenters. The van der Waals surface area contributed by atoms with Gasteiger partial charge in [-0.3, -0.25) is 10.1 Å². The van der Waals surface area contributed by atoms with Crippen LogP contribution in [0.1, 0.15) is 35.3 Å². The predicted molar refractivity (Wildman–Crippen MR) is 110 cm³/mol. The molecule has 0 aliphatic heterocycles. The second-order valence-corrected chi connectivity index (χ2v) is 6.41. The van der Waals surface area contributed by atoms with Crippen LogP contribution in [0.15, 0.2) is 42.5 Å². The van der Waals surface area contributed by atoms with E-state index in [-0.39, 0.29) is 5.91 Å². The first kappa shape index (κ1) is 18.9. The Morgan fingerprint density at radius 2 is 1.56 bits per heavy atom. The minimum atomic E-state index is -0.205. The Hall–Kier alpha value is -2.40. The molecule has 0 saturated heterocycles. The first-order chi connectivity index (χ1) is 11.9. The highest BCUT2D eigenvalue weighted by molar-refractivity contribution is 7.80. The lowest BCUT2D eigenvalue weighted by Gasteiger charge is -2.21. The Morgan fingerprint density at radius 1 is 1.00 bits per heavy atom. The zero-order valence-electron chi connectivity index (χ0n) is 15.2. The fraction of sp³-hybridized carbons (Fsp3) is 0.300. The number of rotatable bonds is 5. The van der Waals surface area contributed by atoms with E-state index < -0.39 is 0 Å². The van der Waals surface area contributed by atoms with Crippen molar-refractivity contribution in [1.82, 2.24) is 5.32 Å². The summed E-state index contributed by atoms with van der Waals surface area (Å²) in [6.07, 6.45) is 0. The summed E-state index contributed by atoms with van der Waals surface area (Å²) >= 11 is 5.25. The highest BCUT2D eigenvalue weighted by Crippen LogP contribution is 2.17. The molecule has 0 saturated carbocycles. The van der Waals surface area contributed by atoms with Crippen LogP contribution >= 0.6 is 12.2 Å². The SMILES string of the molecule is CCN(CC)c1ccc(NC(=S)NC(=O)c2cc(C)cc(C)c2)cc1. The van der Waals surface area contributed by atoms with E-state index in [0.29, 0.717) is 10.7 Å². The lowest BCUT2D eigenvalue weighted by Crippen LogP contribution is -2.34. The molecule has 0 aromatic heterocycles. The topological polar surface area (TPSA) is 44.4 Å². The molecule has 0 aliphatic rings. The molecule has 2 aromatic rings. The second kappa shape index (κ2) is 8.62. The molecular formula is C20H25N3OS. The van der Waals surface area contributed by atoms with Gasteiger partial charge in [0.1, 0.15) is 0 Å². The third-order valence-electron chi connectivity index (χ3n) is 3.96. The van der Waals surface area contributed by atoms with Crippen molar-refractivity contribution in [3.05, 3.63) is 59.2 Å². The number of hydrogen-bond donors (Lipinski definition) is 2. The van der Waals surface area contributed by atoms with Crippen molar-refractivity contribution in [1.29, 1.82) is 0 Å². The summed E-state index contributed by atoms with van der Waals surface area (Å²) in [7, 11) is 0. The van der Waals surface area contributed by atoms with Gasteiger partial charge in [-0.25, -0.2) is 0 Å². The molecule has 1 amide bonds. The number of nitrogens with zero attached hydrogens (tertiary/aromatic N) is 1. The van der Waals surface area contributed by atoms with Crippen LogP contribution in [0, 0.1) is 13.8 Å². The van der Waals surface area contributed by atoms with Crippen molar-refractivity contribution in [2.45, 2.75) is 27.7 Å². The summed E-state index contributed by atoms with van der Waals surface area (Å²) in [5.74, 6) is -0.205. The van der Waals surface area contributed by atoms with E-state index in [1.807, 2.05) is 56.3 Å². The van der Waals surface area contributed by atoms with Crippen LogP contribution in [0.25, 0.3) is 0 Å². The number of nitrogens with one attached hydrogen (secondary N) is 2. The molecule has 2 N–H and O–H groups in total. The van der Waals surface area contributed by atoms with Crippen LogP contribution in [0.5, 0.6) is 0 Å². The van der Waals surface area contributed by atoms with Gasteiger partial charge in [0.25, 0.3) is 5.91 Å². The lowest BCUT2D eigenvalue weighted by atomic mass is 10.1.